The number of nitro groups is 1. The van der Waals surface area contributed by atoms with Crippen LogP contribution in [0.15, 0.2) is 18.2 Å². The molecule has 0 unspecified atom stereocenters. The van der Waals surface area contributed by atoms with Crippen LogP contribution in [0.3, 0.4) is 0 Å². The van der Waals surface area contributed by atoms with Gasteiger partial charge in [-0.1, -0.05) is 6.07 Å². The summed E-state index contributed by atoms with van der Waals surface area (Å²) in [6, 6.07) is 5.05. The lowest BCUT2D eigenvalue weighted by Crippen LogP contribution is -2.31. The summed E-state index contributed by atoms with van der Waals surface area (Å²) >= 11 is 0. The molecule has 1 aromatic carbocycles. The number of anilines is 1. The summed E-state index contributed by atoms with van der Waals surface area (Å²) in [4.78, 5) is 10.4. The fourth-order valence-electron chi connectivity index (χ4n) is 1.62. The van der Waals surface area contributed by atoms with E-state index < -0.39 is 0 Å². The average Bonchev–Trinajstić information content (AvgIpc) is 2.20. The molecule has 5 heteroatoms. The normalized spacial score (nSPS) is 11.3. The second-order valence-electron chi connectivity index (χ2n) is 4.74. The molecule has 94 valence electrons. The fourth-order valence-corrected chi connectivity index (χ4v) is 1.62. The highest BCUT2D eigenvalue weighted by molar-refractivity contribution is 5.55. The summed E-state index contributed by atoms with van der Waals surface area (Å²) in [5.41, 5.74) is 1.15. The topological polar surface area (TPSA) is 75.4 Å². The van der Waals surface area contributed by atoms with Crippen LogP contribution in [0.1, 0.15) is 25.8 Å². The molecule has 5 nitrogen and oxygen atoms in total. The van der Waals surface area contributed by atoms with Crippen molar-refractivity contribution in [2.75, 3.05) is 11.9 Å². The van der Waals surface area contributed by atoms with Gasteiger partial charge in [-0.3, -0.25) is 10.1 Å². The van der Waals surface area contributed by atoms with Gasteiger partial charge in [0.25, 0.3) is 5.69 Å². The van der Waals surface area contributed by atoms with E-state index in [-0.39, 0.29) is 22.8 Å². The number of nitro benzene ring substituents is 1. The van der Waals surface area contributed by atoms with E-state index in [1.807, 2.05) is 19.9 Å². The average molecular weight is 238 g/mol. The Labute approximate surface area is 101 Å². The summed E-state index contributed by atoms with van der Waals surface area (Å²) in [6.07, 6.45) is 0.578. The van der Waals surface area contributed by atoms with E-state index in [4.69, 9.17) is 5.11 Å². The van der Waals surface area contributed by atoms with Gasteiger partial charge in [-0.15, -0.1) is 0 Å². The molecule has 0 fully saturated rings. The van der Waals surface area contributed by atoms with Crippen molar-refractivity contribution < 1.29 is 10.0 Å². The largest absolute Gasteiger partial charge is 0.396 e. The van der Waals surface area contributed by atoms with Crippen molar-refractivity contribution in [1.82, 2.24) is 0 Å². The maximum atomic E-state index is 10.8. The minimum Gasteiger partial charge on any atom is -0.396 e. The Morgan fingerprint density at radius 2 is 2.12 bits per heavy atom. The number of rotatable bonds is 5. The Morgan fingerprint density at radius 1 is 1.47 bits per heavy atom. The zero-order chi connectivity index (χ0) is 13.1. The third kappa shape index (κ3) is 3.71. The van der Waals surface area contributed by atoms with Crippen LogP contribution in [-0.2, 0) is 0 Å². The maximum Gasteiger partial charge on any atom is 0.274 e. The predicted octanol–water partition coefficient (Wildman–Crippen LogP) is 2.48. The number of hydrogen-bond donors (Lipinski definition) is 2. The SMILES string of the molecule is Cc1ccc(NC(C)(C)CCO)cc1[N+](=O)[O-]. The van der Waals surface area contributed by atoms with Gasteiger partial charge in [0.15, 0.2) is 0 Å². The van der Waals surface area contributed by atoms with Crippen molar-refractivity contribution in [3.8, 4) is 0 Å². The lowest BCUT2D eigenvalue weighted by molar-refractivity contribution is -0.385. The maximum absolute atomic E-state index is 10.8. The van der Waals surface area contributed by atoms with Crippen LogP contribution in [0.2, 0.25) is 0 Å². The summed E-state index contributed by atoms with van der Waals surface area (Å²) in [6.45, 7) is 5.67. The van der Waals surface area contributed by atoms with Crippen LogP contribution in [0.25, 0.3) is 0 Å². The third-order valence-corrected chi connectivity index (χ3v) is 2.63. The number of nitrogens with zero attached hydrogens (tertiary/aromatic N) is 1. The van der Waals surface area contributed by atoms with E-state index >= 15 is 0 Å². The molecule has 0 atom stereocenters. The third-order valence-electron chi connectivity index (χ3n) is 2.63. The van der Waals surface area contributed by atoms with Crippen LogP contribution < -0.4 is 5.32 Å². The minimum atomic E-state index is -0.389. The number of hydrogen-bond acceptors (Lipinski definition) is 4. The van der Waals surface area contributed by atoms with Crippen molar-refractivity contribution >= 4 is 11.4 Å². The zero-order valence-corrected chi connectivity index (χ0v) is 10.4. The van der Waals surface area contributed by atoms with Gasteiger partial charge in [0.1, 0.15) is 0 Å². The quantitative estimate of drug-likeness (QED) is 0.610. The Hall–Kier alpha value is -1.62. The fraction of sp³-hybridized carbons (Fsp3) is 0.500. The molecule has 17 heavy (non-hydrogen) atoms. The molecule has 0 saturated carbocycles. The van der Waals surface area contributed by atoms with Gasteiger partial charge < -0.3 is 10.4 Å². The summed E-state index contributed by atoms with van der Waals surface area (Å²) in [5.74, 6) is 0. The van der Waals surface area contributed by atoms with Crippen LogP contribution >= 0.6 is 0 Å². The van der Waals surface area contributed by atoms with E-state index in [1.54, 1.807) is 13.0 Å². The molecule has 0 heterocycles. The summed E-state index contributed by atoms with van der Waals surface area (Å²) < 4.78 is 0. The standard InChI is InChI=1S/C12H18N2O3/c1-9-4-5-10(8-11(9)14(16)17)13-12(2,3)6-7-15/h4-5,8,13,15H,6-7H2,1-3H3. The molecular weight excluding hydrogens is 220 g/mol. The Morgan fingerprint density at radius 3 is 2.65 bits per heavy atom. The molecule has 0 bridgehead atoms. The number of benzene rings is 1. The molecule has 0 radical (unpaired) electrons. The highest BCUT2D eigenvalue weighted by Crippen LogP contribution is 2.25. The Bertz CT molecular complexity index is 416. The Kier molecular flexibility index (Phi) is 4.07. The molecule has 1 rings (SSSR count). The van der Waals surface area contributed by atoms with Crippen molar-refractivity contribution in [2.45, 2.75) is 32.7 Å². The van der Waals surface area contributed by atoms with Gasteiger partial charge in [-0.25, -0.2) is 0 Å². The van der Waals surface area contributed by atoms with E-state index in [0.717, 1.165) is 0 Å². The number of aliphatic hydroxyl groups excluding tert-OH is 1. The lowest BCUT2D eigenvalue weighted by Gasteiger charge is -2.26. The molecular formula is C12H18N2O3. The van der Waals surface area contributed by atoms with E-state index in [0.29, 0.717) is 17.7 Å². The van der Waals surface area contributed by atoms with Gasteiger partial charge >= 0.3 is 0 Å². The molecule has 0 aliphatic heterocycles. The second-order valence-corrected chi connectivity index (χ2v) is 4.74. The van der Waals surface area contributed by atoms with E-state index in [1.165, 1.54) is 6.07 Å². The Balaban J connectivity index is 2.93. The highest BCUT2D eigenvalue weighted by atomic mass is 16.6. The second kappa shape index (κ2) is 5.14. The molecule has 0 amide bonds. The lowest BCUT2D eigenvalue weighted by atomic mass is 10.0. The van der Waals surface area contributed by atoms with Crippen molar-refractivity contribution in [2.24, 2.45) is 0 Å². The first-order valence-corrected chi connectivity index (χ1v) is 5.50. The van der Waals surface area contributed by atoms with Gasteiger partial charge in [0.05, 0.1) is 4.92 Å². The zero-order valence-electron chi connectivity index (χ0n) is 10.4. The minimum absolute atomic E-state index is 0.0773. The monoisotopic (exact) mass is 238 g/mol. The molecule has 0 aromatic heterocycles. The van der Waals surface area contributed by atoms with Crippen molar-refractivity contribution in [1.29, 1.82) is 0 Å². The van der Waals surface area contributed by atoms with Gasteiger partial charge in [-0.2, -0.15) is 0 Å². The summed E-state index contributed by atoms with van der Waals surface area (Å²) in [5, 5.41) is 22.9. The molecule has 0 spiro atoms. The first-order valence-electron chi connectivity index (χ1n) is 5.50. The molecule has 0 saturated heterocycles. The first-order chi connectivity index (χ1) is 7.85. The van der Waals surface area contributed by atoms with Crippen molar-refractivity contribution in [3.63, 3.8) is 0 Å². The van der Waals surface area contributed by atoms with Gasteiger partial charge in [0, 0.05) is 29.5 Å². The number of aliphatic hydroxyl groups is 1. The summed E-state index contributed by atoms with van der Waals surface area (Å²) in [7, 11) is 0. The predicted molar refractivity (Wildman–Crippen MR) is 67.2 cm³/mol. The smallest absolute Gasteiger partial charge is 0.274 e. The van der Waals surface area contributed by atoms with Crippen LogP contribution in [-0.4, -0.2) is 22.2 Å². The molecule has 1 aromatic rings. The van der Waals surface area contributed by atoms with Crippen LogP contribution in [0.5, 0.6) is 0 Å². The van der Waals surface area contributed by atoms with E-state index in [9.17, 15) is 10.1 Å². The van der Waals surface area contributed by atoms with E-state index in [2.05, 4.69) is 5.32 Å². The van der Waals surface area contributed by atoms with Gasteiger partial charge in [0.2, 0.25) is 0 Å². The molecule has 2 N–H and O–H groups in total. The highest BCUT2D eigenvalue weighted by Gasteiger charge is 2.18. The van der Waals surface area contributed by atoms with Gasteiger partial charge in [-0.05, 0) is 33.3 Å². The molecule has 0 aliphatic carbocycles. The number of aryl methyl sites for hydroxylation is 1. The first kappa shape index (κ1) is 13.4. The van der Waals surface area contributed by atoms with Crippen LogP contribution in [0, 0.1) is 17.0 Å². The van der Waals surface area contributed by atoms with Crippen molar-refractivity contribution in [3.05, 3.63) is 33.9 Å². The van der Waals surface area contributed by atoms with Crippen LogP contribution in [0.4, 0.5) is 11.4 Å². The molecule has 0 aliphatic rings. The number of nitrogens with one attached hydrogen (secondary N) is 1.